The van der Waals surface area contributed by atoms with Crippen molar-refractivity contribution in [2.24, 2.45) is 0 Å². The van der Waals surface area contributed by atoms with Crippen molar-refractivity contribution in [2.45, 2.75) is 373 Å². The predicted molar refractivity (Wildman–Crippen MR) is 306 cm³/mol. The number of aliphatic hydroxyl groups is 2. The van der Waals surface area contributed by atoms with Gasteiger partial charge < -0.3 is 20.3 Å². The van der Waals surface area contributed by atoms with Crippen LogP contribution in [-0.2, 0) is 14.3 Å². The lowest BCUT2D eigenvalue weighted by Crippen LogP contribution is -2.45. The number of rotatable bonds is 60. The van der Waals surface area contributed by atoms with Crippen molar-refractivity contribution in [1.82, 2.24) is 5.32 Å². The number of carbonyl (C=O) groups is 2. The Kier molecular flexibility index (Phi) is 59.0. The minimum absolute atomic E-state index is 0.00891. The van der Waals surface area contributed by atoms with Gasteiger partial charge in [-0.05, 0) is 32.1 Å². The molecule has 1 amide bonds. The third-order valence-electron chi connectivity index (χ3n) is 15.1. The smallest absolute Gasteiger partial charge is 0.305 e. The standard InChI is InChI=1S/C64H125NO5/c1-3-5-7-9-11-13-15-16-17-18-19-20-21-22-24-27-30-33-37-40-44-48-52-56-62(67)61(60-66)65-63(68)57-53-49-45-41-38-34-31-28-25-23-26-29-32-35-39-43-47-51-55-59-70-64(69)58-54-50-46-42-36-14-12-10-8-6-4-2/h52,56,61-62,66-67H,3-51,53-55,57-60H2,1-2H3,(H,65,68)/b56-52+. The summed E-state index contributed by atoms with van der Waals surface area (Å²) in [6.07, 6.45) is 72.6. The molecule has 0 aromatic heterocycles. The first kappa shape index (κ1) is 68.6. The quantitative estimate of drug-likeness (QED) is 0.0321. The van der Waals surface area contributed by atoms with Gasteiger partial charge in [0.1, 0.15) is 0 Å². The average Bonchev–Trinajstić information content (AvgIpc) is 3.36. The molecule has 0 saturated heterocycles. The molecule has 0 heterocycles. The van der Waals surface area contributed by atoms with Gasteiger partial charge in [0, 0.05) is 12.8 Å². The summed E-state index contributed by atoms with van der Waals surface area (Å²) in [5, 5.41) is 23.2. The van der Waals surface area contributed by atoms with E-state index in [-0.39, 0.29) is 18.5 Å². The van der Waals surface area contributed by atoms with Crippen LogP contribution in [0.15, 0.2) is 12.2 Å². The van der Waals surface area contributed by atoms with Crippen LogP contribution in [-0.4, -0.2) is 47.4 Å². The summed E-state index contributed by atoms with van der Waals surface area (Å²) >= 11 is 0. The SMILES string of the molecule is CCCCCCCCCCCCCCCCCCCCCCC/C=C/C(O)C(CO)NC(=O)CCCCCCCCCCCCCCCCCCCCCOC(=O)CCCCCCCCCCCCC. The van der Waals surface area contributed by atoms with Gasteiger partial charge in [-0.3, -0.25) is 9.59 Å². The van der Waals surface area contributed by atoms with Crippen LogP contribution >= 0.6 is 0 Å². The zero-order valence-corrected chi connectivity index (χ0v) is 47.5. The fraction of sp³-hybridized carbons (Fsp3) is 0.938. The Morgan fingerprint density at radius 2 is 0.657 bits per heavy atom. The first-order valence-corrected chi connectivity index (χ1v) is 32.0. The molecule has 0 bridgehead atoms. The highest BCUT2D eigenvalue weighted by Gasteiger charge is 2.18. The lowest BCUT2D eigenvalue weighted by atomic mass is 10.0. The molecule has 6 nitrogen and oxygen atoms in total. The summed E-state index contributed by atoms with van der Waals surface area (Å²) in [6, 6.07) is -0.630. The van der Waals surface area contributed by atoms with Gasteiger partial charge in [0.2, 0.25) is 5.91 Å². The van der Waals surface area contributed by atoms with E-state index in [9.17, 15) is 19.8 Å². The number of allylic oxidation sites excluding steroid dienone is 1. The number of carbonyl (C=O) groups excluding carboxylic acids is 2. The van der Waals surface area contributed by atoms with Gasteiger partial charge in [0.15, 0.2) is 0 Å². The van der Waals surface area contributed by atoms with Crippen molar-refractivity contribution in [2.75, 3.05) is 13.2 Å². The van der Waals surface area contributed by atoms with Crippen molar-refractivity contribution >= 4 is 11.9 Å². The van der Waals surface area contributed by atoms with Gasteiger partial charge in [0.05, 0.1) is 25.4 Å². The number of esters is 1. The van der Waals surface area contributed by atoms with Crippen LogP contribution in [0.1, 0.15) is 361 Å². The first-order chi connectivity index (χ1) is 34.5. The van der Waals surface area contributed by atoms with E-state index in [4.69, 9.17) is 4.74 Å². The Hall–Kier alpha value is -1.40. The third kappa shape index (κ3) is 55.9. The largest absolute Gasteiger partial charge is 0.466 e. The van der Waals surface area contributed by atoms with Gasteiger partial charge in [-0.1, -0.05) is 328 Å². The molecule has 0 aliphatic heterocycles. The van der Waals surface area contributed by atoms with E-state index in [1.165, 1.54) is 295 Å². The Morgan fingerprint density at radius 3 is 0.971 bits per heavy atom. The molecule has 0 saturated carbocycles. The third-order valence-corrected chi connectivity index (χ3v) is 15.1. The molecule has 0 rings (SSSR count). The second kappa shape index (κ2) is 60.2. The van der Waals surface area contributed by atoms with E-state index in [0.29, 0.717) is 19.4 Å². The maximum Gasteiger partial charge on any atom is 0.305 e. The average molecular weight is 989 g/mol. The molecule has 0 aliphatic rings. The molecular weight excluding hydrogens is 863 g/mol. The number of aliphatic hydroxyl groups excluding tert-OH is 2. The van der Waals surface area contributed by atoms with Crippen LogP contribution in [0.4, 0.5) is 0 Å². The van der Waals surface area contributed by atoms with E-state index < -0.39 is 12.1 Å². The molecule has 0 spiro atoms. The molecule has 0 aromatic rings. The van der Waals surface area contributed by atoms with Crippen LogP contribution in [0.5, 0.6) is 0 Å². The zero-order valence-electron chi connectivity index (χ0n) is 47.5. The van der Waals surface area contributed by atoms with Crippen LogP contribution in [0.3, 0.4) is 0 Å². The highest BCUT2D eigenvalue weighted by Crippen LogP contribution is 2.18. The Balaban J connectivity index is 3.43. The number of ether oxygens (including phenoxy) is 1. The molecule has 2 unspecified atom stereocenters. The number of amides is 1. The number of hydrogen-bond acceptors (Lipinski definition) is 5. The minimum atomic E-state index is -0.847. The molecule has 3 N–H and O–H groups in total. The number of unbranched alkanes of at least 4 members (excludes halogenated alkanes) is 49. The molecule has 0 radical (unpaired) electrons. The molecule has 416 valence electrons. The monoisotopic (exact) mass is 988 g/mol. The summed E-state index contributed by atoms with van der Waals surface area (Å²) in [5.74, 6) is -0.0576. The highest BCUT2D eigenvalue weighted by molar-refractivity contribution is 5.76. The molecular formula is C64H125NO5. The Labute approximate surface area is 438 Å². The summed E-state index contributed by atoms with van der Waals surface area (Å²) < 4.78 is 5.47. The Bertz CT molecular complexity index is 1050. The van der Waals surface area contributed by atoms with Crippen molar-refractivity contribution in [1.29, 1.82) is 0 Å². The molecule has 70 heavy (non-hydrogen) atoms. The normalized spacial score (nSPS) is 12.6. The minimum Gasteiger partial charge on any atom is -0.466 e. The van der Waals surface area contributed by atoms with Gasteiger partial charge in [-0.25, -0.2) is 0 Å². The molecule has 0 fully saturated rings. The molecule has 0 aliphatic carbocycles. The van der Waals surface area contributed by atoms with Crippen molar-refractivity contribution < 1.29 is 24.5 Å². The van der Waals surface area contributed by atoms with E-state index in [1.807, 2.05) is 6.08 Å². The summed E-state index contributed by atoms with van der Waals surface area (Å²) in [7, 11) is 0. The number of hydrogen-bond donors (Lipinski definition) is 3. The van der Waals surface area contributed by atoms with Crippen LogP contribution in [0.2, 0.25) is 0 Å². The zero-order chi connectivity index (χ0) is 50.7. The van der Waals surface area contributed by atoms with Gasteiger partial charge >= 0.3 is 5.97 Å². The van der Waals surface area contributed by atoms with Gasteiger partial charge in [-0.15, -0.1) is 0 Å². The maximum absolute atomic E-state index is 12.5. The summed E-state index contributed by atoms with van der Waals surface area (Å²) in [4.78, 5) is 24.5. The fourth-order valence-electron chi connectivity index (χ4n) is 10.2. The van der Waals surface area contributed by atoms with E-state index in [0.717, 1.165) is 38.5 Å². The van der Waals surface area contributed by atoms with E-state index in [2.05, 4.69) is 19.2 Å². The maximum atomic E-state index is 12.5. The van der Waals surface area contributed by atoms with Crippen LogP contribution in [0, 0.1) is 0 Å². The molecule has 2 atom stereocenters. The second-order valence-corrected chi connectivity index (χ2v) is 22.1. The fourth-order valence-corrected chi connectivity index (χ4v) is 10.2. The Morgan fingerprint density at radius 1 is 0.386 bits per heavy atom. The topological polar surface area (TPSA) is 95.9 Å². The number of nitrogens with one attached hydrogen (secondary N) is 1. The van der Waals surface area contributed by atoms with Crippen LogP contribution in [0.25, 0.3) is 0 Å². The van der Waals surface area contributed by atoms with Gasteiger partial charge in [0.25, 0.3) is 0 Å². The van der Waals surface area contributed by atoms with E-state index >= 15 is 0 Å². The first-order valence-electron chi connectivity index (χ1n) is 32.0. The molecule has 6 heteroatoms. The summed E-state index contributed by atoms with van der Waals surface area (Å²) in [6.45, 7) is 4.93. The van der Waals surface area contributed by atoms with Crippen LogP contribution < -0.4 is 5.32 Å². The second-order valence-electron chi connectivity index (χ2n) is 22.1. The lowest BCUT2D eigenvalue weighted by Gasteiger charge is -2.20. The van der Waals surface area contributed by atoms with E-state index in [1.54, 1.807) is 6.08 Å². The van der Waals surface area contributed by atoms with Crippen molar-refractivity contribution in [3.63, 3.8) is 0 Å². The van der Waals surface area contributed by atoms with Crippen molar-refractivity contribution in [3.05, 3.63) is 12.2 Å². The highest BCUT2D eigenvalue weighted by atomic mass is 16.5. The predicted octanol–water partition coefficient (Wildman–Crippen LogP) is 20.0. The molecule has 0 aromatic carbocycles. The van der Waals surface area contributed by atoms with Crippen molar-refractivity contribution in [3.8, 4) is 0 Å². The van der Waals surface area contributed by atoms with Gasteiger partial charge in [-0.2, -0.15) is 0 Å². The summed E-state index contributed by atoms with van der Waals surface area (Å²) in [5.41, 5.74) is 0. The lowest BCUT2D eigenvalue weighted by molar-refractivity contribution is -0.143.